The van der Waals surface area contributed by atoms with Gasteiger partial charge in [0, 0.05) is 150 Å². The SMILES string of the molecule is CN1CCN(CCN[C@@H]2CC2c2ccc(OCc3ccccc3)cc2)CC1.C[C@@H]1CC1c1ccc(OCc2ccccc2)cc1.C[C@@H]1CCN(C(=O)CNC2CC2c2ccccc2)C1.C[C@H]1CCN(C(=O)CNC2CC2c2ccccc2)C1.C[C@H]1C[C@@H]1c1cc(F)cc(F)c1OCc1ccccc1.O=C(CNC1CC1c1ccccc1)C[C@@H]1CCNC1.O=C(CNC1CC1c1ccccc1)C[C@H]1CCNC1. The van der Waals surface area contributed by atoms with Crippen LogP contribution in [-0.4, -0.2) is 198 Å². The zero-order valence-electron chi connectivity index (χ0n) is 83.8. The number of halogens is 2. The summed E-state index contributed by atoms with van der Waals surface area (Å²) in [6, 6.07) is 94.6. The van der Waals surface area contributed by atoms with E-state index in [9.17, 15) is 28.0 Å². The van der Waals surface area contributed by atoms with Gasteiger partial charge in [0.1, 0.15) is 48.7 Å². The Labute approximate surface area is 837 Å². The van der Waals surface area contributed by atoms with Crippen molar-refractivity contribution >= 4 is 23.4 Å². The molecule has 7 N–H and O–H groups in total. The van der Waals surface area contributed by atoms with Gasteiger partial charge >= 0.3 is 0 Å². The van der Waals surface area contributed by atoms with Gasteiger partial charge in [-0.25, -0.2) is 8.78 Å². The minimum absolute atomic E-state index is 0.199. The molecule has 20 heteroatoms. The number of ketones is 2. The third-order valence-corrected chi connectivity index (χ3v) is 30.4. The molecule has 7 saturated carbocycles. The molecule has 0 radical (unpaired) electrons. The van der Waals surface area contributed by atoms with Crippen molar-refractivity contribution in [2.24, 2.45) is 35.5 Å². The lowest BCUT2D eigenvalue weighted by Gasteiger charge is -2.32. The van der Waals surface area contributed by atoms with Gasteiger partial charge in [-0.05, 0) is 232 Å². The van der Waals surface area contributed by atoms with Crippen molar-refractivity contribution in [2.75, 3.05) is 125 Å². The summed E-state index contributed by atoms with van der Waals surface area (Å²) in [5.74, 6) is 10.1. The van der Waals surface area contributed by atoms with E-state index in [1.54, 1.807) is 0 Å². The summed E-state index contributed by atoms with van der Waals surface area (Å²) in [4.78, 5) is 56.8. The van der Waals surface area contributed by atoms with Gasteiger partial charge in [0.25, 0.3) is 0 Å². The fourth-order valence-electron chi connectivity index (χ4n) is 20.6. The number of ether oxygens (including phenoxy) is 3. The van der Waals surface area contributed by atoms with Crippen LogP contribution in [0.3, 0.4) is 0 Å². The normalized spacial score (nSPS) is 26.0. The van der Waals surface area contributed by atoms with Gasteiger partial charge in [-0.2, -0.15) is 0 Å². The molecule has 10 aromatic rings. The lowest BCUT2D eigenvalue weighted by Crippen LogP contribution is -2.46. The number of Topliss-reactive ketones (excluding diaryl/α,β-unsaturated/α-hetero) is 2. The quantitative estimate of drug-likeness (QED) is 0.0196. The summed E-state index contributed by atoms with van der Waals surface area (Å²) in [6.45, 7) is 27.5. The Morgan fingerprint density at radius 1 is 0.362 bits per heavy atom. The highest BCUT2D eigenvalue weighted by Gasteiger charge is 2.44. The molecule has 18 atom stereocenters. The maximum absolute atomic E-state index is 14.0. The molecule has 2 amide bonds. The molecule has 0 aromatic heterocycles. The van der Waals surface area contributed by atoms with Crippen molar-refractivity contribution in [1.29, 1.82) is 0 Å². The van der Waals surface area contributed by atoms with E-state index >= 15 is 0 Å². The number of hydrogen-bond donors (Lipinski definition) is 7. The van der Waals surface area contributed by atoms with Crippen LogP contribution < -0.4 is 51.4 Å². The van der Waals surface area contributed by atoms with Gasteiger partial charge in [-0.15, -0.1) is 0 Å². The Kier molecular flexibility index (Phi) is 38.5. The maximum atomic E-state index is 14.0. The number of carbonyl (C=O) groups excluding carboxylic acids is 4. The Balaban J connectivity index is 0.000000119. The van der Waals surface area contributed by atoms with Gasteiger partial charge in [0.15, 0.2) is 11.6 Å². The van der Waals surface area contributed by atoms with Gasteiger partial charge in [0.2, 0.25) is 11.8 Å². The molecule has 5 heterocycles. The first-order chi connectivity index (χ1) is 68.9. The summed E-state index contributed by atoms with van der Waals surface area (Å²) in [5, 5.41) is 24.0. The van der Waals surface area contributed by atoms with E-state index in [0.29, 0.717) is 146 Å². The Morgan fingerprint density at radius 3 is 1.04 bits per heavy atom. The zero-order valence-corrected chi connectivity index (χ0v) is 83.8. The number of nitrogens with zero attached hydrogens (tertiary/aromatic N) is 4. The predicted molar refractivity (Wildman–Crippen MR) is 562 cm³/mol. The van der Waals surface area contributed by atoms with Crippen molar-refractivity contribution in [1.82, 2.24) is 56.8 Å². The number of piperazine rings is 1. The first-order valence-electron chi connectivity index (χ1n) is 52.9. The molecule has 10 aromatic carbocycles. The molecule has 12 fully saturated rings. The number of nitrogens with one attached hydrogen (secondary N) is 7. The fourth-order valence-corrected chi connectivity index (χ4v) is 20.6. The lowest BCUT2D eigenvalue weighted by molar-refractivity contribution is -0.130. The average Bonchev–Trinajstić information content (AvgIpc) is 1.61. The molecule has 748 valence electrons. The second-order valence-electron chi connectivity index (χ2n) is 42.1. The van der Waals surface area contributed by atoms with Crippen molar-refractivity contribution in [3.8, 4) is 17.2 Å². The third-order valence-electron chi connectivity index (χ3n) is 30.4. The van der Waals surface area contributed by atoms with E-state index in [2.05, 4.69) is 252 Å². The number of benzene rings is 10. The van der Waals surface area contributed by atoms with Gasteiger partial charge < -0.3 is 66.1 Å². The molecule has 5 aliphatic heterocycles. The van der Waals surface area contributed by atoms with Crippen molar-refractivity contribution < 1.29 is 42.2 Å². The van der Waals surface area contributed by atoms with Crippen LogP contribution in [0.2, 0.25) is 0 Å². The van der Waals surface area contributed by atoms with E-state index in [1.807, 2.05) is 101 Å². The van der Waals surface area contributed by atoms with Crippen LogP contribution in [0.15, 0.2) is 273 Å². The van der Waals surface area contributed by atoms with Crippen LogP contribution in [0.1, 0.15) is 208 Å². The van der Waals surface area contributed by atoms with Crippen molar-refractivity contribution in [2.45, 2.75) is 203 Å². The lowest BCUT2D eigenvalue weighted by atomic mass is 10.0. The average molecular weight is 1910 g/mol. The molecule has 10 unspecified atom stereocenters. The number of carbonyl (C=O) groups is 4. The summed E-state index contributed by atoms with van der Waals surface area (Å²) in [5.41, 5.74) is 12.5. The molecule has 0 bridgehead atoms. The molecule has 22 rings (SSSR count). The molecule has 18 nitrogen and oxygen atoms in total. The van der Waals surface area contributed by atoms with Crippen LogP contribution >= 0.6 is 0 Å². The first-order valence-corrected chi connectivity index (χ1v) is 52.9. The summed E-state index contributed by atoms with van der Waals surface area (Å²) >= 11 is 0. The van der Waals surface area contributed by atoms with Crippen LogP contribution in [0.25, 0.3) is 0 Å². The number of hydrogen-bond acceptors (Lipinski definition) is 16. The summed E-state index contributed by atoms with van der Waals surface area (Å²) < 4.78 is 44.6. The summed E-state index contributed by atoms with van der Waals surface area (Å²) in [7, 11) is 2.21. The van der Waals surface area contributed by atoms with Crippen LogP contribution in [0.4, 0.5) is 8.78 Å². The van der Waals surface area contributed by atoms with Crippen LogP contribution in [-0.2, 0) is 39.0 Å². The van der Waals surface area contributed by atoms with Gasteiger partial charge in [-0.1, -0.05) is 264 Å². The monoisotopic (exact) mass is 1910 g/mol. The van der Waals surface area contributed by atoms with Gasteiger partial charge in [-0.3, -0.25) is 24.1 Å². The standard InChI is InChI=1S/C23H31N3O.C17H16F2O.C17H18O.4C16H22N2O/c1-25-13-15-26(16-14-25)12-11-24-23-17-22(23)20-7-9-21(10-8-20)27-18-19-5-3-2-4-6-19;1-11-7-14(11)15-8-13(18)9-16(19)17(15)20-10-12-5-3-2-4-6-12;1-13-11-17(13)15-7-9-16(10-8-15)18-12-14-5-3-2-4-6-14;2*1-12-7-8-18(11-12)16(19)10-17-15-9-14(15)13-5-3-2-4-6-13;2*19-14(8-12-6-7-17-10-12)11-18-16-9-15(16)13-4-2-1-3-5-13/h2-10,22-24H,11-18H2,1H3;2-6,8-9,11,14H,7,10H2,1H3;2-10,13,17H,11-12H2,1H3;2*2-6,12,14-15,17H,7-11H2,1H3;2*1-5,12,15-18H,6-11H2/t22?,23-;11-,14-;13-,17?;2*12-,14?,15?;2*12-,15?,16?/m1011010/s1. The highest BCUT2D eigenvalue weighted by Crippen LogP contribution is 2.52. The van der Waals surface area contributed by atoms with Crippen LogP contribution in [0.5, 0.6) is 17.2 Å². The number of likely N-dealkylation sites (N-methyl/N-ethyl adjacent to an activating group) is 1. The maximum Gasteiger partial charge on any atom is 0.236 e. The Hall–Kier alpha value is -10.6. The van der Waals surface area contributed by atoms with E-state index in [4.69, 9.17) is 14.2 Å². The molecule has 141 heavy (non-hydrogen) atoms. The second-order valence-corrected chi connectivity index (χ2v) is 42.1. The topological polar surface area (TPSA) is 193 Å². The highest BCUT2D eigenvalue weighted by molar-refractivity contribution is 5.81. The molecule has 5 saturated heterocycles. The number of rotatable bonds is 36. The minimum Gasteiger partial charge on any atom is -0.489 e. The number of amides is 2. The predicted octanol–water partition coefficient (Wildman–Crippen LogP) is 19.4. The van der Waals surface area contributed by atoms with Crippen LogP contribution in [0, 0.1) is 47.1 Å². The van der Waals surface area contributed by atoms with E-state index in [1.165, 1.54) is 109 Å². The molecule has 0 spiro atoms. The molecular formula is C121H153F2N11O7. The third kappa shape index (κ3) is 33.5. The van der Waals surface area contributed by atoms with Gasteiger partial charge in [0.05, 0.1) is 26.2 Å². The van der Waals surface area contributed by atoms with E-state index in [-0.39, 0.29) is 30.1 Å². The van der Waals surface area contributed by atoms with E-state index < -0.39 is 11.6 Å². The smallest absolute Gasteiger partial charge is 0.236 e. The van der Waals surface area contributed by atoms with E-state index in [0.717, 1.165) is 152 Å². The zero-order chi connectivity index (χ0) is 97.6. The fraction of sp³-hybridized carbons (Fsp3) is 0.471. The van der Waals surface area contributed by atoms with Crippen molar-refractivity contribution in [3.63, 3.8) is 0 Å². The first kappa shape index (κ1) is 103. The molecule has 12 aliphatic rings. The minimum atomic E-state index is -0.616. The second kappa shape index (κ2) is 52.6. The van der Waals surface area contributed by atoms with Crippen molar-refractivity contribution in [3.05, 3.63) is 340 Å². The summed E-state index contributed by atoms with van der Waals surface area (Å²) in [6.07, 6.45) is 14.3. The molecular weight excluding hydrogens is 1760 g/mol. The highest BCUT2D eigenvalue weighted by atomic mass is 19.1. The number of likely N-dealkylation sites (tertiary alicyclic amines) is 2. The Bertz CT molecular complexity index is 5270. The largest absolute Gasteiger partial charge is 0.489 e. The molecule has 7 aliphatic carbocycles. The Morgan fingerprint density at radius 2 is 0.695 bits per heavy atom.